The van der Waals surface area contributed by atoms with E-state index in [0.29, 0.717) is 18.5 Å². The first-order valence-corrected chi connectivity index (χ1v) is 11.2. The summed E-state index contributed by atoms with van der Waals surface area (Å²) in [6.07, 6.45) is 1.93. The van der Waals surface area contributed by atoms with E-state index < -0.39 is 41.5 Å². The number of amides is 2. The molecule has 3 heterocycles. The van der Waals surface area contributed by atoms with Crippen molar-refractivity contribution in [1.82, 2.24) is 4.90 Å². The van der Waals surface area contributed by atoms with Crippen molar-refractivity contribution < 1.29 is 29.3 Å². The van der Waals surface area contributed by atoms with Gasteiger partial charge in [-0.25, -0.2) is 0 Å². The second-order valence-electron chi connectivity index (χ2n) is 8.92. The number of carboxylic acid groups (broad SMARTS) is 1. The summed E-state index contributed by atoms with van der Waals surface area (Å²) in [6.45, 7) is 3.60. The van der Waals surface area contributed by atoms with Crippen molar-refractivity contribution in [2.75, 3.05) is 24.6 Å². The molecule has 33 heavy (non-hydrogen) atoms. The highest BCUT2D eigenvalue weighted by Crippen LogP contribution is 2.58. The van der Waals surface area contributed by atoms with Crippen LogP contribution in [0.1, 0.15) is 12.8 Å². The highest BCUT2D eigenvalue weighted by molar-refractivity contribution is 6.05. The third-order valence-electron chi connectivity index (χ3n) is 7.28. The molecule has 2 bridgehead atoms. The average molecular weight is 450 g/mol. The molecule has 0 aromatic heterocycles. The Labute approximate surface area is 191 Å². The van der Waals surface area contributed by atoms with Gasteiger partial charge in [0.1, 0.15) is 11.6 Å². The molecule has 3 aliphatic rings. The Morgan fingerprint density at radius 2 is 2.00 bits per heavy atom. The molecule has 2 amide bonds. The minimum Gasteiger partial charge on any atom is -0.481 e. The molecule has 0 unspecified atom stereocenters. The summed E-state index contributed by atoms with van der Waals surface area (Å²) in [4.78, 5) is 42.3. The molecule has 1 spiro atoms. The predicted octanol–water partition coefficient (Wildman–Crippen LogP) is 1.81. The van der Waals surface area contributed by atoms with Gasteiger partial charge in [-0.1, -0.05) is 36.4 Å². The Morgan fingerprint density at radius 1 is 1.24 bits per heavy atom. The quantitative estimate of drug-likeness (QED) is 0.623. The standard InChI is InChI=1S/C25H26N2O6/c1-2-11-26(17-8-7-15-5-3-4-6-16(15)14-17)23(30)21-25-10-9-18(33-25)19(24(31)32)20(25)22(29)27(21)12-13-28/h2-8,14,18-21,28H,1,9-13H2,(H,31,32)/t18-,19+,20+,21-,25+/m1/s1. The first kappa shape index (κ1) is 21.6. The number of fused-ring (bicyclic) bond motifs is 2. The molecule has 8 nitrogen and oxygen atoms in total. The van der Waals surface area contributed by atoms with E-state index in [1.807, 2.05) is 42.5 Å². The van der Waals surface area contributed by atoms with Crippen LogP contribution in [-0.4, -0.2) is 70.3 Å². The number of carbonyl (C=O) groups excluding carboxylic acids is 2. The molecule has 0 radical (unpaired) electrons. The van der Waals surface area contributed by atoms with Crippen LogP contribution in [0.5, 0.6) is 0 Å². The van der Waals surface area contributed by atoms with E-state index in [0.717, 1.165) is 10.8 Å². The van der Waals surface area contributed by atoms with E-state index in [2.05, 4.69) is 6.58 Å². The van der Waals surface area contributed by atoms with E-state index in [9.17, 15) is 24.6 Å². The molecule has 3 aliphatic heterocycles. The normalized spacial score (nSPS) is 30.0. The predicted molar refractivity (Wildman–Crippen MR) is 121 cm³/mol. The van der Waals surface area contributed by atoms with Gasteiger partial charge in [0.05, 0.1) is 24.5 Å². The molecule has 2 aromatic rings. The zero-order valence-corrected chi connectivity index (χ0v) is 18.1. The van der Waals surface area contributed by atoms with E-state index in [1.165, 1.54) is 4.90 Å². The Kier molecular flexibility index (Phi) is 5.22. The van der Waals surface area contributed by atoms with Gasteiger partial charge in [0.25, 0.3) is 5.91 Å². The maximum absolute atomic E-state index is 14.1. The molecule has 0 aliphatic carbocycles. The lowest BCUT2D eigenvalue weighted by Gasteiger charge is -2.36. The number of nitrogens with zero attached hydrogens (tertiary/aromatic N) is 2. The maximum Gasteiger partial charge on any atom is 0.310 e. The largest absolute Gasteiger partial charge is 0.481 e. The Morgan fingerprint density at radius 3 is 2.70 bits per heavy atom. The van der Waals surface area contributed by atoms with Gasteiger partial charge < -0.3 is 24.7 Å². The van der Waals surface area contributed by atoms with Gasteiger partial charge in [-0.3, -0.25) is 14.4 Å². The number of aliphatic hydroxyl groups excluding tert-OH is 1. The number of carboxylic acids is 1. The third-order valence-corrected chi connectivity index (χ3v) is 7.28. The molecule has 0 saturated carbocycles. The van der Waals surface area contributed by atoms with Gasteiger partial charge in [0.15, 0.2) is 0 Å². The van der Waals surface area contributed by atoms with Gasteiger partial charge in [-0.15, -0.1) is 6.58 Å². The van der Waals surface area contributed by atoms with Crippen molar-refractivity contribution in [3.05, 3.63) is 55.1 Å². The second-order valence-corrected chi connectivity index (χ2v) is 8.92. The Hall–Kier alpha value is -3.23. The van der Waals surface area contributed by atoms with Crippen LogP contribution < -0.4 is 4.90 Å². The molecule has 3 saturated heterocycles. The topological polar surface area (TPSA) is 107 Å². The number of likely N-dealkylation sites (tertiary alicyclic amines) is 1. The van der Waals surface area contributed by atoms with Crippen LogP contribution in [-0.2, 0) is 19.1 Å². The SMILES string of the molecule is C=CCN(C(=O)[C@H]1N(CCO)C(=O)[C@@H]2[C@@H](C(=O)O)[C@H]3CC[C@]21O3)c1ccc2ccccc2c1. The molecule has 5 rings (SSSR count). The van der Waals surface area contributed by atoms with Crippen LogP contribution in [0.3, 0.4) is 0 Å². The third kappa shape index (κ3) is 3.08. The minimum atomic E-state index is -1.20. The number of hydrogen-bond acceptors (Lipinski definition) is 5. The Bertz CT molecular complexity index is 1150. The zero-order valence-electron chi connectivity index (χ0n) is 18.1. The second kappa shape index (κ2) is 7.97. The molecule has 2 N–H and O–H groups in total. The van der Waals surface area contributed by atoms with Crippen LogP contribution in [0.2, 0.25) is 0 Å². The number of aliphatic carboxylic acids is 1. The van der Waals surface area contributed by atoms with Crippen molar-refractivity contribution in [2.24, 2.45) is 11.8 Å². The summed E-state index contributed by atoms with van der Waals surface area (Å²) in [5.41, 5.74) is -0.551. The fraction of sp³-hybridized carbons (Fsp3) is 0.400. The number of β-amino-alcohol motifs (C(OH)–C–C–N with tert-alkyl or cyclic N) is 1. The number of anilines is 1. The molecule has 8 heteroatoms. The van der Waals surface area contributed by atoms with E-state index >= 15 is 0 Å². The van der Waals surface area contributed by atoms with Gasteiger partial charge in [0.2, 0.25) is 5.91 Å². The Balaban J connectivity index is 1.58. The van der Waals surface area contributed by atoms with E-state index in [-0.39, 0.29) is 25.6 Å². The van der Waals surface area contributed by atoms with Crippen molar-refractivity contribution in [2.45, 2.75) is 30.6 Å². The van der Waals surface area contributed by atoms with Gasteiger partial charge in [-0.2, -0.15) is 0 Å². The summed E-state index contributed by atoms with van der Waals surface area (Å²) < 4.78 is 6.17. The molecular weight excluding hydrogens is 424 g/mol. The first-order valence-electron chi connectivity index (χ1n) is 11.2. The first-order chi connectivity index (χ1) is 15.9. The van der Waals surface area contributed by atoms with Crippen LogP contribution in [0.25, 0.3) is 10.8 Å². The summed E-state index contributed by atoms with van der Waals surface area (Å²) >= 11 is 0. The fourth-order valence-corrected chi connectivity index (χ4v) is 6.01. The van der Waals surface area contributed by atoms with Gasteiger partial charge >= 0.3 is 5.97 Å². The highest BCUT2D eigenvalue weighted by atomic mass is 16.5. The van der Waals surface area contributed by atoms with Gasteiger partial charge in [-0.05, 0) is 35.7 Å². The number of hydrogen-bond donors (Lipinski definition) is 2. The summed E-state index contributed by atoms with van der Waals surface area (Å²) in [6, 6.07) is 12.5. The fourth-order valence-electron chi connectivity index (χ4n) is 6.01. The van der Waals surface area contributed by atoms with Crippen molar-refractivity contribution in [3.8, 4) is 0 Å². The average Bonchev–Trinajstić information content (AvgIpc) is 3.45. The molecule has 5 atom stereocenters. The van der Waals surface area contributed by atoms with Crippen LogP contribution in [0.15, 0.2) is 55.1 Å². The van der Waals surface area contributed by atoms with Crippen LogP contribution >= 0.6 is 0 Å². The zero-order chi connectivity index (χ0) is 23.3. The number of carbonyl (C=O) groups is 3. The lowest BCUT2D eigenvalue weighted by atomic mass is 9.70. The minimum absolute atomic E-state index is 0.0620. The van der Waals surface area contributed by atoms with Crippen molar-refractivity contribution >= 4 is 34.2 Å². The molecule has 3 fully saturated rings. The number of aliphatic hydroxyl groups is 1. The van der Waals surface area contributed by atoms with Gasteiger partial charge in [0, 0.05) is 18.8 Å². The number of benzene rings is 2. The smallest absolute Gasteiger partial charge is 0.310 e. The molecular formula is C25H26N2O6. The lowest BCUT2D eigenvalue weighted by Crippen LogP contribution is -2.56. The van der Waals surface area contributed by atoms with E-state index in [1.54, 1.807) is 11.0 Å². The molecule has 2 aromatic carbocycles. The monoisotopic (exact) mass is 450 g/mol. The summed E-state index contributed by atoms with van der Waals surface area (Å²) in [7, 11) is 0. The number of ether oxygens (including phenoxy) is 1. The summed E-state index contributed by atoms with van der Waals surface area (Å²) in [5, 5.41) is 21.4. The van der Waals surface area contributed by atoms with Crippen LogP contribution in [0, 0.1) is 11.8 Å². The summed E-state index contributed by atoms with van der Waals surface area (Å²) in [5.74, 6) is -3.81. The molecule has 172 valence electrons. The maximum atomic E-state index is 14.1. The highest BCUT2D eigenvalue weighted by Gasteiger charge is 2.74. The lowest BCUT2D eigenvalue weighted by molar-refractivity contribution is -0.149. The van der Waals surface area contributed by atoms with Crippen LogP contribution in [0.4, 0.5) is 5.69 Å². The van der Waals surface area contributed by atoms with Crippen molar-refractivity contribution in [1.29, 1.82) is 0 Å². The number of rotatable bonds is 7. The van der Waals surface area contributed by atoms with E-state index in [4.69, 9.17) is 4.74 Å². The van der Waals surface area contributed by atoms with Crippen molar-refractivity contribution in [3.63, 3.8) is 0 Å².